The van der Waals surface area contributed by atoms with Crippen molar-refractivity contribution in [1.29, 1.82) is 0 Å². The normalized spacial score (nSPS) is 13.2. The van der Waals surface area contributed by atoms with Crippen LogP contribution in [0.5, 0.6) is 0 Å². The molecule has 0 saturated heterocycles. The van der Waals surface area contributed by atoms with Gasteiger partial charge in [-0.25, -0.2) is 0 Å². The van der Waals surface area contributed by atoms with Crippen LogP contribution in [-0.4, -0.2) is 29.3 Å². The van der Waals surface area contributed by atoms with E-state index >= 15 is 0 Å². The molecule has 4 aromatic carbocycles. The van der Waals surface area contributed by atoms with Gasteiger partial charge in [0.15, 0.2) is 0 Å². The third-order valence-corrected chi connectivity index (χ3v) is 18.0. The molecule has 0 aliphatic heterocycles. The Bertz CT molecular complexity index is 1350. The molecule has 0 heterocycles. The van der Waals surface area contributed by atoms with Crippen LogP contribution in [0.1, 0.15) is 48.5 Å². The fourth-order valence-electron chi connectivity index (χ4n) is 6.13. The van der Waals surface area contributed by atoms with Crippen molar-refractivity contribution in [3.05, 3.63) is 121 Å². The molecule has 4 rings (SSSR count). The molecule has 212 valence electrons. The van der Waals surface area contributed by atoms with Crippen LogP contribution in [0, 0.1) is 11.8 Å². The van der Waals surface area contributed by atoms with Gasteiger partial charge in [0, 0.05) is 0 Å². The van der Waals surface area contributed by atoms with Crippen molar-refractivity contribution in [2.45, 2.75) is 64.6 Å². The van der Waals surface area contributed by atoms with E-state index in [0.29, 0.717) is 6.61 Å². The average molecular weight is 577 g/mol. The molecule has 0 saturated carbocycles. The molecule has 0 spiro atoms. The third kappa shape index (κ3) is 6.20. The monoisotopic (exact) mass is 576 g/mol. The van der Waals surface area contributed by atoms with Gasteiger partial charge < -0.3 is 8.85 Å². The summed E-state index contributed by atoms with van der Waals surface area (Å²) in [7, 11) is -5.57. The van der Waals surface area contributed by atoms with Gasteiger partial charge in [0.2, 0.25) is 0 Å². The minimum Gasteiger partial charge on any atom is -0.404 e. The smallest absolute Gasteiger partial charge is 0.262 e. The molecule has 0 unspecified atom stereocenters. The second-order valence-corrected chi connectivity index (χ2v) is 21.2. The van der Waals surface area contributed by atoms with E-state index in [1.54, 1.807) is 0 Å². The summed E-state index contributed by atoms with van der Waals surface area (Å²) in [6.45, 7) is 16.1. The fraction of sp³-hybridized carbons (Fsp3) is 0.297. The Labute approximate surface area is 250 Å². The molecule has 0 amide bonds. The van der Waals surface area contributed by atoms with E-state index in [1.165, 1.54) is 20.7 Å². The van der Waals surface area contributed by atoms with Crippen molar-refractivity contribution >= 4 is 37.4 Å². The van der Waals surface area contributed by atoms with E-state index in [1.807, 2.05) is 6.92 Å². The summed E-state index contributed by atoms with van der Waals surface area (Å²) in [5.74, 6) is 6.62. The molecule has 41 heavy (non-hydrogen) atoms. The lowest BCUT2D eigenvalue weighted by molar-refractivity contribution is 0.154. The van der Waals surface area contributed by atoms with Crippen LogP contribution >= 0.6 is 0 Å². The molecular weight excluding hydrogens is 533 g/mol. The van der Waals surface area contributed by atoms with Crippen LogP contribution in [0.4, 0.5) is 0 Å². The van der Waals surface area contributed by atoms with Crippen molar-refractivity contribution in [3.63, 3.8) is 0 Å². The zero-order valence-electron chi connectivity index (χ0n) is 25.6. The zero-order valence-corrected chi connectivity index (χ0v) is 27.6. The Morgan fingerprint density at radius 2 is 0.854 bits per heavy atom. The number of hydrogen-bond acceptors (Lipinski definition) is 2. The SMILES string of the molecule is CC#C[C@@H](CO[Si](c1ccccc1)(c1ccccc1)C(C)(C)C)O[Si](c1ccccc1)(c1ccccc1)C(C)(C)C. The highest BCUT2D eigenvalue weighted by Gasteiger charge is 2.53. The van der Waals surface area contributed by atoms with Gasteiger partial charge in [-0.15, -0.1) is 5.92 Å². The lowest BCUT2D eigenvalue weighted by Gasteiger charge is -2.46. The number of benzene rings is 4. The predicted octanol–water partition coefficient (Wildman–Crippen LogP) is 6.53. The first-order valence-corrected chi connectivity index (χ1v) is 18.3. The minimum atomic E-state index is -2.82. The molecule has 0 bridgehead atoms. The Morgan fingerprint density at radius 3 is 1.15 bits per heavy atom. The molecule has 4 heteroatoms. The van der Waals surface area contributed by atoms with E-state index < -0.39 is 22.7 Å². The second kappa shape index (κ2) is 12.8. The molecule has 0 aromatic heterocycles. The van der Waals surface area contributed by atoms with Crippen molar-refractivity contribution in [2.75, 3.05) is 6.61 Å². The molecule has 0 radical (unpaired) electrons. The number of hydrogen-bond donors (Lipinski definition) is 0. The van der Waals surface area contributed by atoms with Gasteiger partial charge in [-0.1, -0.05) is 169 Å². The van der Waals surface area contributed by atoms with Gasteiger partial charge >= 0.3 is 0 Å². The molecule has 0 aliphatic rings. The Morgan fingerprint density at radius 1 is 0.537 bits per heavy atom. The van der Waals surface area contributed by atoms with Gasteiger partial charge in [0.25, 0.3) is 16.6 Å². The summed E-state index contributed by atoms with van der Waals surface area (Å²) in [6, 6.07) is 43.1. The summed E-state index contributed by atoms with van der Waals surface area (Å²) < 4.78 is 14.8. The van der Waals surface area contributed by atoms with E-state index in [2.05, 4.69) is 175 Å². The lowest BCUT2D eigenvalue weighted by Crippen LogP contribution is -2.69. The summed E-state index contributed by atoms with van der Waals surface area (Å²) in [5, 5.41) is 4.72. The van der Waals surface area contributed by atoms with Gasteiger partial charge in [0.1, 0.15) is 6.10 Å². The minimum absolute atomic E-state index is 0.128. The van der Waals surface area contributed by atoms with Gasteiger partial charge in [-0.3, -0.25) is 0 Å². The maximum atomic E-state index is 7.46. The lowest BCUT2D eigenvalue weighted by atomic mass is 10.2. The van der Waals surface area contributed by atoms with Crippen LogP contribution in [0.3, 0.4) is 0 Å². The summed E-state index contributed by atoms with van der Waals surface area (Å²) in [4.78, 5) is 0. The quantitative estimate of drug-likeness (QED) is 0.167. The Hall–Kier alpha value is -3.21. The third-order valence-electron chi connectivity index (χ3n) is 7.91. The molecule has 0 fully saturated rings. The van der Waals surface area contributed by atoms with Crippen molar-refractivity contribution in [1.82, 2.24) is 0 Å². The van der Waals surface area contributed by atoms with Crippen LogP contribution in [0.25, 0.3) is 0 Å². The molecular formula is C37H44O2Si2. The van der Waals surface area contributed by atoms with Gasteiger partial charge in [-0.2, -0.15) is 0 Å². The van der Waals surface area contributed by atoms with Crippen LogP contribution in [-0.2, 0) is 8.85 Å². The second-order valence-electron chi connectivity index (χ2n) is 12.6. The summed E-state index contributed by atoms with van der Waals surface area (Å²) in [6.07, 6.45) is -0.395. The predicted molar refractivity (Wildman–Crippen MR) is 180 cm³/mol. The Balaban J connectivity index is 1.85. The fourth-order valence-corrected chi connectivity index (χ4v) is 15.3. The first-order chi connectivity index (χ1) is 19.6. The average Bonchev–Trinajstić information content (AvgIpc) is 2.97. The largest absolute Gasteiger partial charge is 0.404 e. The van der Waals surface area contributed by atoms with E-state index in [4.69, 9.17) is 8.85 Å². The maximum absolute atomic E-state index is 7.46. The van der Waals surface area contributed by atoms with Gasteiger partial charge in [-0.05, 0) is 37.7 Å². The maximum Gasteiger partial charge on any atom is 0.262 e. The molecule has 0 N–H and O–H groups in total. The number of rotatable bonds is 9. The highest BCUT2D eigenvalue weighted by Crippen LogP contribution is 2.39. The van der Waals surface area contributed by atoms with E-state index in [9.17, 15) is 0 Å². The molecule has 4 aromatic rings. The zero-order chi connectivity index (χ0) is 29.6. The topological polar surface area (TPSA) is 18.5 Å². The van der Waals surface area contributed by atoms with Crippen molar-refractivity contribution in [3.8, 4) is 11.8 Å². The van der Waals surface area contributed by atoms with Gasteiger partial charge in [0.05, 0.1) is 6.61 Å². The summed E-state index contributed by atoms with van der Waals surface area (Å²) in [5.41, 5.74) is 0. The molecule has 2 nitrogen and oxygen atoms in total. The first kappa shape index (κ1) is 30.7. The van der Waals surface area contributed by atoms with Crippen LogP contribution < -0.4 is 20.7 Å². The Kier molecular flexibility index (Phi) is 9.56. The van der Waals surface area contributed by atoms with E-state index in [-0.39, 0.29) is 10.1 Å². The van der Waals surface area contributed by atoms with Crippen molar-refractivity contribution in [2.24, 2.45) is 0 Å². The highest BCUT2D eigenvalue weighted by molar-refractivity contribution is 7.00. The molecule has 1 atom stereocenters. The van der Waals surface area contributed by atoms with E-state index in [0.717, 1.165) is 0 Å². The van der Waals surface area contributed by atoms with Crippen LogP contribution in [0.15, 0.2) is 121 Å². The first-order valence-electron chi connectivity index (χ1n) is 14.5. The van der Waals surface area contributed by atoms with Crippen molar-refractivity contribution < 1.29 is 8.85 Å². The summed E-state index contributed by atoms with van der Waals surface area (Å²) >= 11 is 0. The highest BCUT2D eigenvalue weighted by atomic mass is 28.4. The van der Waals surface area contributed by atoms with Crippen LogP contribution in [0.2, 0.25) is 10.1 Å². The molecule has 0 aliphatic carbocycles. The standard InChI is InChI=1S/C37H44O2Si2/c1-8-21-31(39-41(37(5,6)7,34-26-17-11-18-27-34)35-28-19-12-20-29-35)30-38-40(36(2,3)4,32-22-13-9-14-23-32)33-24-15-10-16-25-33/h9-20,22-29,31H,30H2,1-7H3/t31-/m0/s1.